The molecule has 4 heteroatoms. The summed E-state index contributed by atoms with van der Waals surface area (Å²) in [6.45, 7) is 0. The first kappa shape index (κ1) is 10.2. The lowest BCUT2D eigenvalue weighted by atomic mass is 10.1. The van der Waals surface area contributed by atoms with Crippen LogP contribution in [0.2, 0.25) is 0 Å². The van der Waals surface area contributed by atoms with Gasteiger partial charge in [-0.2, -0.15) is 5.26 Å². The van der Waals surface area contributed by atoms with Gasteiger partial charge in [-0.15, -0.1) is 0 Å². The number of hydrogen-bond acceptors (Lipinski definition) is 4. The molecule has 0 aliphatic heterocycles. The first-order chi connectivity index (χ1) is 7.81. The molecule has 1 aromatic heterocycles. The Morgan fingerprint density at radius 1 is 1.44 bits per heavy atom. The van der Waals surface area contributed by atoms with Gasteiger partial charge in [0.15, 0.2) is 0 Å². The average molecular weight is 213 g/mol. The molecular formula is C12H11N3O. The van der Waals surface area contributed by atoms with E-state index in [1.165, 1.54) is 0 Å². The minimum absolute atomic E-state index is 0.531. The number of pyridine rings is 1. The van der Waals surface area contributed by atoms with Crippen molar-refractivity contribution < 1.29 is 4.74 Å². The van der Waals surface area contributed by atoms with E-state index in [2.05, 4.69) is 16.4 Å². The van der Waals surface area contributed by atoms with Crippen molar-refractivity contribution >= 4 is 16.6 Å². The molecule has 0 spiro atoms. The van der Waals surface area contributed by atoms with Crippen LogP contribution >= 0.6 is 0 Å². The van der Waals surface area contributed by atoms with E-state index in [0.29, 0.717) is 11.3 Å². The minimum Gasteiger partial charge on any atom is -0.494 e. The quantitative estimate of drug-likeness (QED) is 0.830. The summed E-state index contributed by atoms with van der Waals surface area (Å²) in [4.78, 5) is 4.24. The number of anilines is 1. The zero-order chi connectivity index (χ0) is 11.5. The molecule has 0 fully saturated rings. The molecular weight excluding hydrogens is 202 g/mol. The number of benzene rings is 1. The van der Waals surface area contributed by atoms with Crippen LogP contribution in [0.1, 0.15) is 5.56 Å². The maximum Gasteiger partial charge on any atom is 0.145 e. The van der Waals surface area contributed by atoms with Gasteiger partial charge in [0, 0.05) is 18.6 Å². The van der Waals surface area contributed by atoms with Crippen molar-refractivity contribution in [2.75, 3.05) is 19.5 Å². The summed E-state index contributed by atoms with van der Waals surface area (Å²) >= 11 is 0. The van der Waals surface area contributed by atoms with Crippen LogP contribution in [0.25, 0.3) is 10.9 Å². The molecule has 1 aromatic carbocycles. The maximum atomic E-state index is 8.97. The SMILES string of the molecule is CNc1c(C#N)cnc2c(OC)cccc12. The predicted octanol–water partition coefficient (Wildman–Crippen LogP) is 2.16. The van der Waals surface area contributed by atoms with Crippen molar-refractivity contribution in [1.82, 2.24) is 4.98 Å². The van der Waals surface area contributed by atoms with Gasteiger partial charge in [-0.25, -0.2) is 0 Å². The van der Waals surface area contributed by atoms with E-state index in [0.717, 1.165) is 16.6 Å². The fraction of sp³-hybridized carbons (Fsp3) is 0.167. The molecule has 0 aliphatic carbocycles. The van der Waals surface area contributed by atoms with Crippen LogP contribution in [-0.2, 0) is 0 Å². The minimum atomic E-state index is 0.531. The van der Waals surface area contributed by atoms with Gasteiger partial charge in [-0.05, 0) is 6.07 Å². The predicted molar refractivity (Wildman–Crippen MR) is 62.6 cm³/mol. The van der Waals surface area contributed by atoms with Gasteiger partial charge in [0.2, 0.25) is 0 Å². The van der Waals surface area contributed by atoms with Gasteiger partial charge < -0.3 is 10.1 Å². The van der Waals surface area contributed by atoms with Crippen LogP contribution in [0.3, 0.4) is 0 Å². The van der Waals surface area contributed by atoms with Gasteiger partial charge >= 0.3 is 0 Å². The Kier molecular flexibility index (Phi) is 2.61. The van der Waals surface area contributed by atoms with E-state index < -0.39 is 0 Å². The number of rotatable bonds is 2. The normalized spacial score (nSPS) is 9.81. The number of ether oxygens (including phenoxy) is 1. The fourth-order valence-electron chi connectivity index (χ4n) is 1.71. The molecule has 0 bridgehead atoms. The number of methoxy groups -OCH3 is 1. The lowest BCUT2D eigenvalue weighted by molar-refractivity contribution is 0.419. The molecule has 1 heterocycles. The third-order valence-corrected chi connectivity index (χ3v) is 2.45. The molecule has 2 rings (SSSR count). The summed E-state index contributed by atoms with van der Waals surface area (Å²) in [5, 5.41) is 12.9. The number of nitrogens with one attached hydrogen (secondary N) is 1. The van der Waals surface area contributed by atoms with Gasteiger partial charge in [0.1, 0.15) is 17.3 Å². The highest BCUT2D eigenvalue weighted by Crippen LogP contribution is 2.30. The Bertz CT molecular complexity index is 572. The number of nitriles is 1. The largest absolute Gasteiger partial charge is 0.494 e. The molecule has 1 N–H and O–H groups in total. The molecule has 4 nitrogen and oxygen atoms in total. The zero-order valence-corrected chi connectivity index (χ0v) is 9.11. The molecule has 0 radical (unpaired) electrons. The second-order valence-electron chi connectivity index (χ2n) is 3.27. The fourth-order valence-corrected chi connectivity index (χ4v) is 1.71. The highest BCUT2D eigenvalue weighted by molar-refractivity contribution is 5.96. The molecule has 0 aliphatic rings. The van der Waals surface area contributed by atoms with E-state index in [1.807, 2.05) is 18.2 Å². The zero-order valence-electron chi connectivity index (χ0n) is 9.11. The van der Waals surface area contributed by atoms with Crippen LogP contribution in [0.15, 0.2) is 24.4 Å². The Labute approximate surface area is 93.5 Å². The van der Waals surface area contributed by atoms with Crippen molar-refractivity contribution in [3.8, 4) is 11.8 Å². The Balaban J connectivity index is 2.85. The molecule has 0 saturated heterocycles. The van der Waals surface area contributed by atoms with Crippen molar-refractivity contribution in [2.24, 2.45) is 0 Å². The van der Waals surface area contributed by atoms with Gasteiger partial charge in [0.05, 0.1) is 18.4 Å². The van der Waals surface area contributed by atoms with E-state index in [4.69, 9.17) is 10.00 Å². The summed E-state index contributed by atoms with van der Waals surface area (Å²) in [5.74, 6) is 0.707. The summed E-state index contributed by atoms with van der Waals surface area (Å²) in [5.41, 5.74) is 2.07. The van der Waals surface area contributed by atoms with Crippen LogP contribution < -0.4 is 10.1 Å². The molecule has 0 atom stereocenters. The maximum absolute atomic E-state index is 8.97. The van der Waals surface area contributed by atoms with E-state index >= 15 is 0 Å². The lowest BCUT2D eigenvalue weighted by Gasteiger charge is -2.09. The number of fused-ring (bicyclic) bond motifs is 1. The molecule has 80 valence electrons. The highest BCUT2D eigenvalue weighted by atomic mass is 16.5. The summed E-state index contributed by atoms with van der Waals surface area (Å²) in [6.07, 6.45) is 1.55. The first-order valence-electron chi connectivity index (χ1n) is 4.85. The second kappa shape index (κ2) is 4.07. The van der Waals surface area contributed by atoms with Crippen LogP contribution in [-0.4, -0.2) is 19.1 Å². The van der Waals surface area contributed by atoms with Gasteiger partial charge in [0.25, 0.3) is 0 Å². The van der Waals surface area contributed by atoms with Crippen molar-refractivity contribution in [2.45, 2.75) is 0 Å². The first-order valence-corrected chi connectivity index (χ1v) is 4.85. The Morgan fingerprint density at radius 2 is 2.25 bits per heavy atom. The third-order valence-electron chi connectivity index (χ3n) is 2.45. The number of para-hydroxylation sites is 1. The Hall–Kier alpha value is -2.28. The van der Waals surface area contributed by atoms with Crippen molar-refractivity contribution in [1.29, 1.82) is 5.26 Å². The van der Waals surface area contributed by atoms with Crippen molar-refractivity contribution in [3.63, 3.8) is 0 Å². The summed E-state index contributed by atoms with van der Waals surface area (Å²) in [7, 11) is 3.39. The van der Waals surface area contributed by atoms with Crippen LogP contribution in [0.5, 0.6) is 5.75 Å². The van der Waals surface area contributed by atoms with Crippen molar-refractivity contribution in [3.05, 3.63) is 30.0 Å². The lowest BCUT2D eigenvalue weighted by Crippen LogP contribution is -1.96. The smallest absolute Gasteiger partial charge is 0.145 e. The van der Waals surface area contributed by atoms with Crippen LogP contribution in [0, 0.1) is 11.3 Å². The molecule has 0 amide bonds. The molecule has 2 aromatic rings. The number of nitrogens with zero attached hydrogens (tertiary/aromatic N) is 2. The average Bonchev–Trinajstić information content (AvgIpc) is 2.36. The van der Waals surface area contributed by atoms with Crippen LogP contribution in [0.4, 0.5) is 5.69 Å². The Morgan fingerprint density at radius 3 is 2.88 bits per heavy atom. The number of aromatic nitrogens is 1. The second-order valence-corrected chi connectivity index (χ2v) is 3.27. The highest BCUT2D eigenvalue weighted by Gasteiger charge is 2.09. The van der Waals surface area contributed by atoms with Gasteiger partial charge in [-0.1, -0.05) is 12.1 Å². The third kappa shape index (κ3) is 1.43. The topological polar surface area (TPSA) is 57.9 Å². The van der Waals surface area contributed by atoms with E-state index in [1.54, 1.807) is 20.4 Å². The molecule has 0 unspecified atom stereocenters. The monoisotopic (exact) mass is 213 g/mol. The van der Waals surface area contributed by atoms with E-state index in [9.17, 15) is 0 Å². The summed E-state index contributed by atoms with van der Waals surface area (Å²) < 4.78 is 5.23. The molecule has 16 heavy (non-hydrogen) atoms. The van der Waals surface area contributed by atoms with Gasteiger partial charge in [-0.3, -0.25) is 4.98 Å². The summed E-state index contributed by atoms with van der Waals surface area (Å²) in [6, 6.07) is 7.75. The molecule has 0 saturated carbocycles. The standard InChI is InChI=1S/C12H11N3O/c1-14-11-8(6-13)7-15-12-9(11)4-3-5-10(12)16-2/h3-5,7H,1-2H3,(H,14,15). The number of hydrogen-bond donors (Lipinski definition) is 1. The van der Waals surface area contributed by atoms with E-state index in [-0.39, 0.29) is 0 Å².